The summed E-state index contributed by atoms with van der Waals surface area (Å²) in [4.78, 5) is 7.19. The largest absolute Gasteiger partial charge is 0.334 e. The van der Waals surface area contributed by atoms with Gasteiger partial charge in [-0.1, -0.05) is 118 Å². The van der Waals surface area contributed by atoms with E-state index in [2.05, 4.69) is 165 Å². The molecular weight excluding hydrogens is 727 g/mol. The van der Waals surface area contributed by atoms with Gasteiger partial charge in [0.1, 0.15) is 0 Å². The third kappa shape index (κ3) is 4.85. The van der Waals surface area contributed by atoms with Crippen molar-refractivity contribution in [3.63, 3.8) is 0 Å². The maximum atomic E-state index is 2.66. The summed E-state index contributed by atoms with van der Waals surface area (Å²) >= 11 is 4.03. The number of anilines is 2. The van der Waals surface area contributed by atoms with E-state index < -0.39 is 0 Å². The molecule has 0 saturated heterocycles. The number of fused-ring (bicyclic) bond motifs is 12. The molecule has 0 aliphatic heterocycles. The second-order valence-corrected chi connectivity index (χ2v) is 20.2. The first-order valence-corrected chi connectivity index (χ1v) is 22.7. The molecule has 0 radical (unpaired) electrons. The second kappa shape index (κ2) is 12.3. The van der Waals surface area contributed by atoms with Crippen molar-refractivity contribution >= 4 is 61.9 Å². The Kier molecular flexibility index (Phi) is 7.35. The lowest BCUT2D eigenvalue weighted by Gasteiger charge is -2.38. The van der Waals surface area contributed by atoms with Crippen LogP contribution in [0.3, 0.4) is 0 Å². The first-order chi connectivity index (χ1) is 27.8. The van der Waals surface area contributed by atoms with Gasteiger partial charge in [-0.3, -0.25) is 0 Å². The minimum Gasteiger partial charge on any atom is -0.334 e. The van der Waals surface area contributed by atoms with E-state index in [1.165, 1.54) is 95.9 Å². The summed E-state index contributed by atoms with van der Waals surface area (Å²) in [7, 11) is 0. The van der Waals surface area contributed by atoms with Crippen LogP contribution in [0.25, 0.3) is 50.1 Å². The number of hydrogen-bond donors (Lipinski definition) is 0. The summed E-state index contributed by atoms with van der Waals surface area (Å²) in [5, 5.41) is 1.52. The molecule has 57 heavy (non-hydrogen) atoms. The molecule has 4 aromatic carbocycles. The number of hydrogen-bond acceptors (Lipinski definition) is 3. The molecule has 280 valence electrons. The molecular formula is C54H47NS2. The van der Waals surface area contributed by atoms with E-state index in [9.17, 15) is 0 Å². The summed E-state index contributed by atoms with van der Waals surface area (Å²) in [5.41, 5.74) is 22.0. The zero-order valence-electron chi connectivity index (χ0n) is 33.3. The molecule has 0 saturated carbocycles. The molecule has 6 aliphatic carbocycles. The molecule has 0 amide bonds. The zero-order chi connectivity index (χ0) is 38.2. The van der Waals surface area contributed by atoms with E-state index in [1.807, 2.05) is 11.3 Å². The maximum Gasteiger partial charge on any atom is 0.0563 e. The zero-order valence-corrected chi connectivity index (χ0v) is 35.0. The summed E-state index contributed by atoms with van der Waals surface area (Å²) in [6.45, 7) is 9.99. The molecule has 0 fully saturated rings. The number of benzene rings is 4. The molecule has 0 bridgehead atoms. The van der Waals surface area contributed by atoms with Crippen molar-refractivity contribution in [3.05, 3.63) is 168 Å². The molecule has 0 N–H and O–H groups in total. The molecule has 3 heteroatoms. The molecule has 1 unspecified atom stereocenters. The third-order valence-corrected chi connectivity index (χ3v) is 16.8. The lowest BCUT2D eigenvalue weighted by Crippen LogP contribution is -2.33. The van der Waals surface area contributed by atoms with Crippen molar-refractivity contribution in [1.82, 2.24) is 0 Å². The first kappa shape index (κ1) is 34.1. The Bertz CT molecular complexity index is 2860. The van der Waals surface area contributed by atoms with Gasteiger partial charge < -0.3 is 4.90 Å². The molecule has 2 heterocycles. The minimum absolute atomic E-state index is 0.0380. The van der Waals surface area contributed by atoms with Crippen LogP contribution in [0.5, 0.6) is 0 Å². The number of allylic oxidation sites excluding steroid dienone is 6. The lowest BCUT2D eigenvalue weighted by atomic mass is 9.74. The molecule has 1 nitrogen and oxygen atoms in total. The van der Waals surface area contributed by atoms with E-state index in [0.717, 1.165) is 19.3 Å². The number of aryl methyl sites for hydroxylation is 1. The second-order valence-electron chi connectivity index (χ2n) is 18.1. The van der Waals surface area contributed by atoms with Gasteiger partial charge >= 0.3 is 0 Å². The standard InChI is InChI=1S/C54H47NS2/c1-53(2)43-28-26-40-38-14-8-10-16-46(38)57-52(40)49(43)41-25-23-36(31-45(41)53)55(34-20-18-33(19-21-34)32-12-6-5-7-13-32)35-22-24-37-39-27-29-48-50(42-15-9-11-17-47(42)56-48)51(39)54(3,4)44(37)30-35/h5-7,10-13,16-25,27,29-30,36H,8-9,14-15,26,28,31H2,1-4H3. The highest BCUT2D eigenvalue weighted by Crippen LogP contribution is 2.60. The molecule has 0 spiro atoms. The van der Waals surface area contributed by atoms with Gasteiger partial charge in [-0.25, -0.2) is 0 Å². The van der Waals surface area contributed by atoms with Crippen LogP contribution in [-0.2, 0) is 24.7 Å². The predicted octanol–water partition coefficient (Wildman–Crippen LogP) is 15.1. The van der Waals surface area contributed by atoms with E-state index in [4.69, 9.17) is 0 Å². The smallest absolute Gasteiger partial charge is 0.0563 e. The summed E-state index contributed by atoms with van der Waals surface area (Å²) < 4.78 is 1.43. The number of nitrogens with zero attached hydrogens (tertiary/aromatic N) is 1. The van der Waals surface area contributed by atoms with E-state index in [0.29, 0.717) is 0 Å². The van der Waals surface area contributed by atoms with Crippen LogP contribution in [0, 0.1) is 5.41 Å². The molecule has 6 aromatic rings. The fraction of sp³-hybridized carbons (Fsp3) is 0.259. The average Bonchev–Trinajstić information content (AvgIpc) is 3.94. The van der Waals surface area contributed by atoms with Gasteiger partial charge in [-0.2, -0.15) is 0 Å². The highest BCUT2D eigenvalue weighted by molar-refractivity contribution is 7.20. The van der Waals surface area contributed by atoms with Crippen molar-refractivity contribution in [3.8, 4) is 22.3 Å². The maximum absolute atomic E-state index is 2.66. The molecule has 6 aliphatic rings. The Labute approximate surface area is 345 Å². The average molecular weight is 774 g/mol. The molecule has 2 aromatic heterocycles. The normalized spacial score (nSPS) is 20.2. The third-order valence-electron chi connectivity index (χ3n) is 14.4. The van der Waals surface area contributed by atoms with Crippen LogP contribution < -0.4 is 4.90 Å². The lowest BCUT2D eigenvalue weighted by molar-refractivity contribution is 0.492. The van der Waals surface area contributed by atoms with Crippen LogP contribution in [0.2, 0.25) is 0 Å². The van der Waals surface area contributed by atoms with Gasteiger partial charge in [0.2, 0.25) is 0 Å². The minimum atomic E-state index is -0.111. The fourth-order valence-corrected chi connectivity index (χ4v) is 14.2. The van der Waals surface area contributed by atoms with Gasteiger partial charge in [-0.05, 0) is 149 Å². The quantitative estimate of drug-likeness (QED) is 0.172. The highest BCUT2D eigenvalue weighted by Gasteiger charge is 2.45. The van der Waals surface area contributed by atoms with Crippen LogP contribution in [-0.4, -0.2) is 6.04 Å². The Hall–Kier alpha value is -4.96. The van der Waals surface area contributed by atoms with Gasteiger partial charge in [0.25, 0.3) is 0 Å². The van der Waals surface area contributed by atoms with Crippen LogP contribution in [0.4, 0.5) is 11.4 Å². The summed E-state index contributed by atoms with van der Waals surface area (Å²) in [6, 6.07) is 32.6. The van der Waals surface area contributed by atoms with E-state index in [-0.39, 0.29) is 16.9 Å². The summed E-state index contributed by atoms with van der Waals surface area (Å²) in [6.07, 6.45) is 22.6. The predicted molar refractivity (Wildman–Crippen MR) is 246 cm³/mol. The SMILES string of the molecule is CC1(C)C2=C(C=CC(N(c3ccc(-c4ccccc4)cc3)c3ccc4c(c3)C(C)(C)c3c-4ccc4sc5c(c34)CCC=C5)C2)C2=C1CCc1c2sc2c1CCC=C2. The number of thiophene rings is 2. The number of rotatable bonds is 4. The highest BCUT2D eigenvalue weighted by atomic mass is 32.1. The van der Waals surface area contributed by atoms with Gasteiger partial charge in [0.15, 0.2) is 0 Å². The summed E-state index contributed by atoms with van der Waals surface area (Å²) in [5.74, 6) is 0. The Morgan fingerprint density at radius 2 is 1.33 bits per heavy atom. The topological polar surface area (TPSA) is 3.24 Å². The first-order valence-electron chi connectivity index (χ1n) is 21.1. The van der Waals surface area contributed by atoms with Crippen LogP contribution in [0.1, 0.15) is 95.8 Å². The van der Waals surface area contributed by atoms with Crippen LogP contribution >= 0.6 is 22.7 Å². The Balaban J connectivity index is 0.972. The Morgan fingerprint density at radius 3 is 2.14 bits per heavy atom. The van der Waals surface area contributed by atoms with Gasteiger partial charge in [0.05, 0.1) is 6.04 Å². The Morgan fingerprint density at radius 1 is 0.614 bits per heavy atom. The monoisotopic (exact) mass is 773 g/mol. The molecule has 1 atom stereocenters. The van der Waals surface area contributed by atoms with Crippen LogP contribution in [0.15, 0.2) is 126 Å². The van der Waals surface area contributed by atoms with Gasteiger partial charge in [-0.15, -0.1) is 22.7 Å². The van der Waals surface area contributed by atoms with E-state index >= 15 is 0 Å². The van der Waals surface area contributed by atoms with Crippen molar-refractivity contribution in [1.29, 1.82) is 0 Å². The molecule has 12 rings (SSSR count). The van der Waals surface area contributed by atoms with E-state index in [1.54, 1.807) is 38.3 Å². The fourth-order valence-electron chi connectivity index (χ4n) is 11.6. The van der Waals surface area contributed by atoms with Crippen molar-refractivity contribution in [2.75, 3.05) is 4.90 Å². The van der Waals surface area contributed by atoms with Crippen molar-refractivity contribution in [2.45, 2.75) is 84.1 Å². The van der Waals surface area contributed by atoms with Crippen molar-refractivity contribution in [2.24, 2.45) is 5.41 Å². The van der Waals surface area contributed by atoms with Gasteiger partial charge in [0, 0.05) is 46.9 Å². The van der Waals surface area contributed by atoms with Crippen molar-refractivity contribution < 1.29 is 0 Å².